The first-order chi connectivity index (χ1) is 21.5. The topological polar surface area (TPSA) is 0 Å². The van der Waals surface area contributed by atoms with Crippen molar-refractivity contribution in [3.63, 3.8) is 0 Å². The third-order valence-electron chi connectivity index (χ3n) is 10.2. The Balaban J connectivity index is 1.19. The second-order valence-electron chi connectivity index (χ2n) is 13.1. The van der Waals surface area contributed by atoms with Crippen LogP contribution in [0.3, 0.4) is 0 Å². The molecule has 0 aromatic heterocycles. The van der Waals surface area contributed by atoms with Crippen LogP contribution in [0.25, 0.3) is 27.8 Å². The van der Waals surface area contributed by atoms with Gasteiger partial charge >= 0.3 is 0 Å². The Morgan fingerprint density at radius 3 is 2.07 bits per heavy atom. The highest BCUT2D eigenvalue weighted by atomic mass is 19.2. The molecule has 1 atom stereocenters. The Labute approximate surface area is 263 Å². The van der Waals surface area contributed by atoms with Crippen molar-refractivity contribution < 1.29 is 13.2 Å². The van der Waals surface area contributed by atoms with Crippen LogP contribution < -0.4 is 0 Å². The van der Waals surface area contributed by atoms with Crippen LogP contribution in [0.1, 0.15) is 108 Å². The molecule has 1 unspecified atom stereocenters. The molecule has 0 amide bonds. The fourth-order valence-electron chi connectivity index (χ4n) is 7.48. The fourth-order valence-corrected chi connectivity index (χ4v) is 7.48. The highest BCUT2D eigenvalue weighted by Crippen LogP contribution is 2.42. The van der Waals surface area contributed by atoms with Gasteiger partial charge in [0.25, 0.3) is 0 Å². The Morgan fingerprint density at radius 2 is 1.41 bits per heavy atom. The first-order valence-electron chi connectivity index (χ1n) is 17.2. The summed E-state index contributed by atoms with van der Waals surface area (Å²) in [6.07, 6.45) is 22.9. The Morgan fingerprint density at radius 1 is 0.705 bits per heavy atom. The summed E-state index contributed by atoms with van der Waals surface area (Å²) in [6.45, 7) is 4.33. The average Bonchev–Trinajstić information content (AvgIpc) is 3.06. The lowest BCUT2D eigenvalue weighted by molar-refractivity contribution is 0.187. The highest BCUT2D eigenvalue weighted by molar-refractivity contribution is 5.74. The predicted octanol–water partition coefficient (Wildman–Crippen LogP) is 12.9. The van der Waals surface area contributed by atoms with Crippen molar-refractivity contribution in [2.75, 3.05) is 0 Å². The monoisotopic (exact) mass is 598 g/mol. The standard InChI is InChI=1S/C41H49F3/c1-3-5-7-9-11-35-24-27-38(41(44)40(35)43)34-22-20-33(21-23-34)37-26-25-36(28-39(37)42)32-18-16-31(17-19-32)30-14-12-29(13-15-30)10-8-6-4-2/h5,7,18,20-31H,3-4,6,8-17,19H2,1-2H3. The summed E-state index contributed by atoms with van der Waals surface area (Å²) in [5.74, 6) is 0.709. The Hall–Kier alpha value is -3.07. The van der Waals surface area contributed by atoms with E-state index in [9.17, 15) is 8.78 Å². The van der Waals surface area contributed by atoms with Gasteiger partial charge in [0.2, 0.25) is 0 Å². The molecule has 234 valence electrons. The maximum atomic E-state index is 15.4. The summed E-state index contributed by atoms with van der Waals surface area (Å²) in [5, 5.41) is 0. The van der Waals surface area contributed by atoms with E-state index >= 15 is 4.39 Å². The smallest absolute Gasteiger partial charge is 0.166 e. The van der Waals surface area contributed by atoms with E-state index in [1.165, 1.54) is 63.4 Å². The normalized spacial score (nSPS) is 20.7. The molecule has 3 heteroatoms. The van der Waals surface area contributed by atoms with E-state index in [4.69, 9.17) is 0 Å². The zero-order chi connectivity index (χ0) is 30.9. The van der Waals surface area contributed by atoms with Crippen molar-refractivity contribution >= 4 is 5.57 Å². The van der Waals surface area contributed by atoms with Crippen LogP contribution in [0.4, 0.5) is 13.2 Å². The minimum atomic E-state index is -0.830. The van der Waals surface area contributed by atoms with Crippen LogP contribution in [0.2, 0.25) is 0 Å². The Kier molecular flexibility index (Phi) is 11.6. The summed E-state index contributed by atoms with van der Waals surface area (Å²) >= 11 is 0. The van der Waals surface area contributed by atoms with Gasteiger partial charge in [-0.25, -0.2) is 13.2 Å². The van der Waals surface area contributed by atoms with E-state index < -0.39 is 11.6 Å². The number of hydrogen-bond acceptors (Lipinski definition) is 0. The van der Waals surface area contributed by atoms with Crippen LogP contribution in [0, 0.1) is 35.2 Å². The number of unbranched alkanes of at least 4 members (excludes halogenated alkanes) is 2. The summed E-state index contributed by atoms with van der Waals surface area (Å²) in [5.41, 5.74) is 4.66. The second kappa shape index (κ2) is 15.8. The molecule has 0 spiro atoms. The van der Waals surface area contributed by atoms with Crippen molar-refractivity contribution in [3.05, 3.63) is 101 Å². The predicted molar refractivity (Wildman–Crippen MR) is 180 cm³/mol. The van der Waals surface area contributed by atoms with Gasteiger partial charge in [-0.2, -0.15) is 0 Å². The van der Waals surface area contributed by atoms with Gasteiger partial charge in [-0.15, -0.1) is 0 Å². The van der Waals surface area contributed by atoms with Crippen molar-refractivity contribution in [1.82, 2.24) is 0 Å². The van der Waals surface area contributed by atoms with Crippen LogP contribution in [0.5, 0.6) is 0 Å². The lowest BCUT2D eigenvalue weighted by Gasteiger charge is -2.35. The van der Waals surface area contributed by atoms with E-state index in [0.29, 0.717) is 29.5 Å². The van der Waals surface area contributed by atoms with Crippen molar-refractivity contribution in [2.24, 2.45) is 17.8 Å². The molecule has 0 saturated heterocycles. The number of halogens is 3. The van der Waals surface area contributed by atoms with Gasteiger partial charge in [-0.05, 0) is 103 Å². The van der Waals surface area contributed by atoms with E-state index in [0.717, 1.165) is 48.1 Å². The molecule has 2 aliphatic carbocycles. The van der Waals surface area contributed by atoms with Gasteiger partial charge in [0.15, 0.2) is 11.6 Å². The summed E-state index contributed by atoms with van der Waals surface area (Å²) in [6, 6.07) is 15.9. The molecule has 3 aromatic carbocycles. The molecule has 3 aromatic rings. The first kappa shape index (κ1) is 32.3. The summed E-state index contributed by atoms with van der Waals surface area (Å²) in [7, 11) is 0. The number of allylic oxidation sites excluding steroid dienone is 4. The number of aryl methyl sites for hydroxylation is 1. The molecule has 0 heterocycles. The summed E-state index contributed by atoms with van der Waals surface area (Å²) in [4.78, 5) is 0. The maximum Gasteiger partial charge on any atom is 0.166 e. The second-order valence-corrected chi connectivity index (χ2v) is 13.1. The molecule has 1 saturated carbocycles. The molecule has 0 N–H and O–H groups in total. The third kappa shape index (κ3) is 7.95. The van der Waals surface area contributed by atoms with Gasteiger partial charge < -0.3 is 0 Å². The molecule has 0 aliphatic heterocycles. The quantitative estimate of drug-likeness (QED) is 0.144. The molecule has 0 bridgehead atoms. The Bertz CT molecular complexity index is 1420. The van der Waals surface area contributed by atoms with Gasteiger partial charge in [0.05, 0.1) is 0 Å². The molecular weight excluding hydrogens is 549 g/mol. The van der Waals surface area contributed by atoms with Crippen LogP contribution >= 0.6 is 0 Å². The van der Waals surface area contributed by atoms with Gasteiger partial charge in [0, 0.05) is 11.1 Å². The number of hydrogen-bond donors (Lipinski definition) is 0. The van der Waals surface area contributed by atoms with E-state index in [-0.39, 0.29) is 11.4 Å². The minimum Gasteiger partial charge on any atom is -0.206 e. The van der Waals surface area contributed by atoms with Crippen LogP contribution in [0.15, 0.2) is 72.8 Å². The van der Waals surface area contributed by atoms with E-state index in [1.54, 1.807) is 42.5 Å². The molecular formula is C41H49F3. The lowest BCUT2D eigenvalue weighted by atomic mass is 9.70. The van der Waals surface area contributed by atoms with Gasteiger partial charge in [0.1, 0.15) is 5.82 Å². The van der Waals surface area contributed by atoms with Crippen molar-refractivity contribution in [3.8, 4) is 22.3 Å². The number of rotatable bonds is 12. The average molecular weight is 599 g/mol. The highest BCUT2D eigenvalue weighted by Gasteiger charge is 2.28. The van der Waals surface area contributed by atoms with Crippen molar-refractivity contribution in [1.29, 1.82) is 0 Å². The lowest BCUT2D eigenvalue weighted by Crippen LogP contribution is -2.23. The van der Waals surface area contributed by atoms with Crippen LogP contribution in [-0.2, 0) is 6.42 Å². The molecule has 5 rings (SSSR count). The fraction of sp³-hybridized carbons (Fsp3) is 0.463. The maximum absolute atomic E-state index is 15.4. The molecule has 0 nitrogen and oxygen atoms in total. The van der Waals surface area contributed by atoms with Gasteiger partial charge in [-0.1, -0.05) is 119 Å². The molecule has 0 radical (unpaired) electrons. The zero-order valence-corrected chi connectivity index (χ0v) is 26.7. The summed E-state index contributed by atoms with van der Waals surface area (Å²) < 4.78 is 45.1. The first-order valence-corrected chi connectivity index (χ1v) is 17.2. The third-order valence-corrected chi connectivity index (χ3v) is 10.2. The molecule has 1 fully saturated rings. The van der Waals surface area contributed by atoms with E-state index in [1.807, 2.05) is 31.2 Å². The zero-order valence-electron chi connectivity index (χ0n) is 26.7. The largest absolute Gasteiger partial charge is 0.206 e. The number of benzene rings is 3. The van der Waals surface area contributed by atoms with Crippen molar-refractivity contribution in [2.45, 2.75) is 104 Å². The van der Waals surface area contributed by atoms with Crippen LogP contribution in [-0.4, -0.2) is 0 Å². The molecule has 2 aliphatic rings. The van der Waals surface area contributed by atoms with E-state index in [2.05, 4.69) is 13.0 Å². The SMILES string of the molecule is CCC=CCCc1ccc(-c2ccc(-c3ccc(C4=CCC(C5CCC(CCCCC)CC5)CC4)cc3F)cc2)c(F)c1F. The molecule has 44 heavy (non-hydrogen) atoms. The van der Waals surface area contributed by atoms with Gasteiger partial charge in [-0.3, -0.25) is 0 Å². The minimum absolute atomic E-state index is 0.222.